The molecule has 0 N–H and O–H groups in total. The van der Waals surface area contributed by atoms with Crippen LogP contribution in [0, 0.1) is 20.8 Å². The molecule has 0 bridgehead atoms. The molecule has 8 aromatic carbocycles. The molecule has 0 aliphatic heterocycles. The van der Waals surface area contributed by atoms with Crippen LogP contribution in [0.1, 0.15) is 63.9 Å². The second-order valence-corrected chi connectivity index (χ2v) is 16.7. The maximum Gasteiger partial charge on any atom is 0.0726 e. The summed E-state index contributed by atoms with van der Waals surface area (Å²) in [6, 6.07) is 64.5. The summed E-state index contributed by atoms with van der Waals surface area (Å²) in [5, 5.41) is 0. The van der Waals surface area contributed by atoms with E-state index in [1.165, 1.54) is 94.6 Å². The molecule has 268 valence electrons. The molecule has 0 amide bonds. The van der Waals surface area contributed by atoms with E-state index in [0.29, 0.717) is 0 Å². The van der Waals surface area contributed by atoms with Crippen molar-refractivity contribution >= 4 is 17.1 Å². The van der Waals surface area contributed by atoms with Gasteiger partial charge in [-0.15, -0.1) is 0 Å². The summed E-state index contributed by atoms with van der Waals surface area (Å²) in [5.74, 6) is 0. The van der Waals surface area contributed by atoms with Crippen molar-refractivity contribution in [1.82, 2.24) is 0 Å². The molecule has 0 aromatic heterocycles. The van der Waals surface area contributed by atoms with E-state index < -0.39 is 5.41 Å². The Hall–Kier alpha value is -6.44. The van der Waals surface area contributed by atoms with Crippen LogP contribution < -0.4 is 4.90 Å². The summed E-state index contributed by atoms with van der Waals surface area (Å²) < 4.78 is 0. The van der Waals surface area contributed by atoms with Gasteiger partial charge < -0.3 is 4.90 Å². The second kappa shape index (κ2) is 11.8. The maximum absolute atomic E-state index is 2.53. The van der Waals surface area contributed by atoms with Crippen LogP contribution in [-0.4, -0.2) is 0 Å². The molecule has 3 aliphatic carbocycles. The fraction of sp³-hybridized carbons (Fsp3) is 0.127. The van der Waals surface area contributed by atoms with Crippen LogP contribution in [-0.2, 0) is 10.8 Å². The highest BCUT2D eigenvalue weighted by Gasteiger charge is 2.52. The van der Waals surface area contributed by atoms with Gasteiger partial charge in [0.2, 0.25) is 0 Å². The van der Waals surface area contributed by atoms with Gasteiger partial charge in [0.25, 0.3) is 0 Å². The Morgan fingerprint density at radius 2 is 0.750 bits per heavy atom. The molecule has 11 rings (SSSR count). The molecule has 0 saturated carbocycles. The predicted molar refractivity (Wildman–Crippen MR) is 235 cm³/mol. The summed E-state index contributed by atoms with van der Waals surface area (Å²) in [4.78, 5) is 2.52. The van der Waals surface area contributed by atoms with Crippen molar-refractivity contribution in [3.63, 3.8) is 0 Å². The number of nitrogens with zero attached hydrogens (tertiary/aromatic N) is 1. The van der Waals surface area contributed by atoms with Gasteiger partial charge in [-0.05, 0) is 123 Å². The standard InChI is InChI=1S/C55H43N/c1-34-19-24-43-44-25-20-35(2)30-50(44)55(49(43)29-34)51-31-36(3)21-26-45(51)46-28-23-39(33-52(46)55)56(53-18-12-10-15-40(53)37-13-7-6-8-14-37)38-22-27-42-41-16-9-11-17-47(41)54(4,5)48(42)32-38/h6-33H,1-5H3. The first-order valence-electron chi connectivity index (χ1n) is 19.9. The lowest BCUT2D eigenvalue weighted by atomic mass is 9.70. The summed E-state index contributed by atoms with van der Waals surface area (Å²) in [6.07, 6.45) is 0. The van der Waals surface area contributed by atoms with Gasteiger partial charge in [-0.3, -0.25) is 0 Å². The van der Waals surface area contributed by atoms with Crippen LogP contribution in [0.3, 0.4) is 0 Å². The molecular weight excluding hydrogens is 675 g/mol. The normalized spacial score (nSPS) is 14.4. The monoisotopic (exact) mass is 717 g/mol. The number of anilines is 3. The van der Waals surface area contributed by atoms with Crippen LogP contribution in [0.25, 0.3) is 44.5 Å². The van der Waals surface area contributed by atoms with Crippen LogP contribution >= 0.6 is 0 Å². The molecule has 1 heteroatoms. The summed E-state index contributed by atoms with van der Waals surface area (Å²) in [5.41, 5.74) is 25.4. The van der Waals surface area contributed by atoms with Crippen molar-refractivity contribution in [1.29, 1.82) is 0 Å². The molecule has 56 heavy (non-hydrogen) atoms. The first-order chi connectivity index (χ1) is 27.2. The SMILES string of the molecule is Cc1ccc2c(c1)C1(c3cc(C)ccc3-2)c2cc(C)ccc2-c2ccc(N(c3ccc4c(c3)C(C)(C)c3ccccc3-4)c3ccccc3-c3ccccc3)cc21. The van der Waals surface area contributed by atoms with Crippen LogP contribution in [0.15, 0.2) is 170 Å². The van der Waals surface area contributed by atoms with Crippen molar-refractivity contribution in [3.05, 3.63) is 220 Å². The fourth-order valence-corrected chi connectivity index (χ4v) is 10.5. The van der Waals surface area contributed by atoms with Gasteiger partial charge in [0, 0.05) is 22.4 Å². The minimum Gasteiger partial charge on any atom is -0.310 e. The fourth-order valence-electron chi connectivity index (χ4n) is 10.5. The molecule has 0 unspecified atom stereocenters. The van der Waals surface area contributed by atoms with E-state index in [1.807, 2.05) is 0 Å². The van der Waals surface area contributed by atoms with Crippen molar-refractivity contribution in [2.75, 3.05) is 4.90 Å². The smallest absolute Gasteiger partial charge is 0.0726 e. The Balaban J connectivity index is 1.21. The molecule has 1 spiro atoms. The molecule has 3 aliphatic rings. The molecule has 0 saturated heterocycles. The van der Waals surface area contributed by atoms with Gasteiger partial charge in [0.1, 0.15) is 0 Å². The van der Waals surface area contributed by atoms with E-state index in [1.54, 1.807) is 0 Å². The first kappa shape index (κ1) is 32.9. The topological polar surface area (TPSA) is 3.24 Å². The summed E-state index contributed by atoms with van der Waals surface area (Å²) in [7, 11) is 0. The Labute approximate surface area is 330 Å². The number of benzene rings is 8. The molecule has 8 aromatic rings. The number of para-hydroxylation sites is 1. The second-order valence-electron chi connectivity index (χ2n) is 16.7. The number of hydrogen-bond acceptors (Lipinski definition) is 1. The largest absolute Gasteiger partial charge is 0.310 e. The van der Waals surface area contributed by atoms with E-state index >= 15 is 0 Å². The molecule has 1 nitrogen and oxygen atoms in total. The van der Waals surface area contributed by atoms with Crippen LogP contribution in [0.5, 0.6) is 0 Å². The highest BCUT2D eigenvalue weighted by molar-refractivity contribution is 5.98. The lowest BCUT2D eigenvalue weighted by Crippen LogP contribution is -2.26. The molecule has 0 atom stereocenters. The summed E-state index contributed by atoms with van der Waals surface area (Å²) in [6.45, 7) is 11.5. The van der Waals surface area contributed by atoms with Gasteiger partial charge in [-0.1, -0.05) is 170 Å². The Bertz CT molecular complexity index is 2850. The van der Waals surface area contributed by atoms with Crippen LogP contribution in [0.2, 0.25) is 0 Å². The zero-order chi connectivity index (χ0) is 37.9. The molecular formula is C55H43N. The number of aryl methyl sites for hydroxylation is 3. The van der Waals surface area contributed by atoms with E-state index in [9.17, 15) is 0 Å². The highest BCUT2D eigenvalue weighted by Crippen LogP contribution is 2.64. The third kappa shape index (κ3) is 4.43. The summed E-state index contributed by atoms with van der Waals surface area (Å²) >= 11 is 0. The lowest BCUT2D eigenvalue weighted by molar-refractivity contribution is 0.660. The van der Waals surface area contributed by atoms with Crippen molar-refractivity contribution < 1.29 is 0 Å². The van der Waals surface area contributed by atoms with Gasteiger partial charge in [-0.25, -0.2) is 0 Å². The quantitative estimate of drug-likeness (QED) is 0.175. The Morgan fingerprint density at radius 1 is 0.339 bits per heavy atom. The van der Waals surface area contributed by atoms with Crippen molar-refractivity contribution in [2.24, 2.45) is 0 Å². The van der Waals surface area contributed by atoms with Gasteiger partial charge >= 0.3 is 0 Å². The highest BCUT2D eigenvalue weighted by atomic mass is 15.1. The molecule has 0 radical (unpaired) electrons. The van der Waals surface area contributed by atoms with Gasteiger partial charge in [0.15, 0.2) is 0 Å². The third-order valence-electron chi connectivity index (χ3n) is 13.0. The average Bonchev–Trinajstić information content (AvgIpc) is 3.75. The minimum absolute atomic E-state index is 0.124. The number of rotatable bonds is 4. The average molecular weight is 718 g/mol. The van der Waals surface area contributed by atoms with E-state index in [-0.39, 0.29) is 5.41 Å². The Kier molecular flexibility index (Phi) is 6.93. The van der Waals surface area contributed by atoms with Crippen LogP contribution in [0.4, 0.5) is 17.1 Å². The Morgan fingerprint density at radius 3 is 1.32 bits per heavy atom. The van der Waals surface area contributed by atoms with E-state index in [0.717, 1.165) is 17.1 Å². The minimum atomic E-state index is -0.443. The third-order valence-corrected chi connectivity index (χ3v) is 13.0. The van der Waals surface area contributed by atoms with Crippen molar-refractivity contribution in [3.8, 4) is 44.5 Å². The number of hydrogen-bond donors (Lipinski definition) is 0. The van der Waals surface area contributed by atoms with Gasteiger partial charge in [0.05, 0.1) is 11.1 Å². The van der Waals surface area contributed by atoms with E-state index in [2.05, 4.69) is 209 Å². The van der Waals surface area contributed by atoms with E-state index in [4.69, 9.17) is 0 Å². The van der Waals surface area contributed by atoms with Gasteiger partial charge in [-0.2, -0.15) is 0 Å². The number of fused-ring (bicyclic) bond motifs is 13. The maximum atomic E-state index is 2.53. The zero-order valence-electron chi connectivity index (χ0n) is 32.6. The molecule has 0 heterocycles. The first-order valence-corrected chi connectivity index (χ1v) is 19.9. The lowest BCUT2D eigenvalue weighted by Gasteiger charge is -2.33. The molecule has 0 fully saturated rings. The zero-order valence-corrected chi connectivity index (χ0v) is 32.6. The predicted octanol–water partition coefficient (Wildman–Crippen LogP) is 14.4. The van der Waals surface area contributed by atoms with Crippen molar-refractivity contribution in [2.45, 2.75) is 45.4 Å².